The molecule has 0 saturated carbocycles. The Labute approximate surface area is 120 Å². The van der Waals surface area contributed by atoms with Crippen molar-refractivity contribution in [3.05, 3.63) is 34.1 Å². The van der Waals surface area contributed by atoms with Gasteiger partial charge in [-0.1, -0.05) is 6.07 Å². The second kappa shape index (κ2) is 5.37. The van der Waals surface area contributed by atoms with Gasteiger partial charge in [-0.2, -0.15) is 0 Å². The summed E-state index contributed by atoms with van der Waals surface area (Å²) in [5.74, 6) is -0.657. The van der Waals surface area contributed by atoms with Gasteiger partial charge in [0.05, 0.1) is 16.6 Å². The molecule has 0 atom stereocenters. The average molecular weight is 289 g/mol. The zero-order valence-corrected chi connectivity index (χ0v) is 11.9. The summed E-state index contributed by atoms with van der Waals surface area (Å²) in [6.45, 7) is 4.42. The minimum atomic E-state index is -0.502. The Morgan fingerprint density at radius 3 is 2.38 bits per heavy atom. The van der Waals surface area contributed by atoms with E-state index < -0.39 is 5.43 Å². The lowest BCUT2D eigenvalue weighted by molar-refractivity contribution is -0.114. The van der Waals surface area contributed by atoms with Crippen LogP contribution in [0.4, 0.5) is 11.4 Å². The van der Waals surface area contributed by atoms with E-state index in [0.717, 1.165) is 0 Å². The molecular formula is C14H15N3O4. The summed E-state index contributed by atoms with van der Waals surface area (Å²) in [5, 5.41) is 11.8. The van der Waals surface area contributed by atoms with Crippen LogP contribution in [0.3, 0.4) is 0 Å². The van der Waals surface area contributed by atoms with Crippen molar-refractivity contribution in [2.24, 2.45) is 0 Å². The Morgan fingerprint density at radius 1 is 1.19 bits per heavy atom. The number of carbonyl (C=O) groups excluding carboxylic acids is 2. The molecule has 21 heavy (non-hydrogen) atoms. The second-order valence-corrected chi connectivity index (χ2v) is 4.71. The number of pyridine rings is 1. The Morgan fingerprint density at radius 2 is 1.86 bits per heavy atom. The van der Waals surface area contributed by atoms with E-state index in [1.807, 2.05) is 0 Å². The van der Waals surface area contributed by atoms with Gasteiger partial charge in [0.15, 0.2) is 0 Å². The number of anilines is 2. The van der Waals surface area contributed by atoms with Gasteiger partial charge in [0.1, 0.15) is 5.69 Å². The van der Waals surface area contributed by atoms with Gasteiger partial charge in [0.25, 0.3) is 0 Å². The van der Waals surface area contributed by atoms with Crippen LogP contribution in [0.15, 0.2) is 23.1 Å². The van der Waals surface area contributed by atoms with E-state index >= 15 is 0 Å². The maximum Gasteiger partial charge on any atom is 0.228 e. The van der Waals surface area contributed by atoms with Crippen molar-refractivity contribution in [1.29, 1.82) is 0 Å². The van der Waals surface area contributed by atoms with Gasteiger partial charge in [0, 0.05) is 20.0 Å². The average Bonchev–Trinajstić information content (AvgIpc) is 2.41. The number of rotatable bonds is 2. The first kappa shape index (κ1) is 14.7. The zero-order valence-electron chi connectivity index (χ0n) is 11.9. The number of nitrogens with zero attached hydrogens (tertiary/aromatic N) is 1. The number of benzene rings is 1. The van der Waals surface area contributed by atoms with Gasteiger partial charge >= 0.3 is 0 Å². The van der Waals surface area contributed by atoms with Gasteiger partial charge < -0.3 is 5.32 Å². The van der Waals surface area contributed by atoms with Crippen LogP contribution >= 0.6 is 0 Å². The van der Waals surface area contributed by atoms with E-state index in [1.165, 1.54) is 24.6 Å². The van der Waals surface area contributed by atoms with Gasteiger partial charge in [-0.15, -0.1) is 0 Å². The normalized spacial score (nSPS) is 10.5. The van der Waals surface area contributed by atoms with E-state index in [2.05, 4.69) is 5.32 Å². The van der Waals surface area contributed by atoms with Crippen molar-refractivity contribution in [1.82, 2.24) is 4.57 Å². The Bertz CT molecular complexity index is 808. The molecular weight excluding hydrogens is 274 g/mol. The number of aromatic nitrogens is 1. The van der Waals surface area contributed by atoms with Gasteiger partial charge in [-0.05, 0) is 18.6 Å². The van der Waals surface area contributed by atoms with Crippen LogP contribution in [0.2, 0.25) is 0 Å². The molecule has 0 bridgehead atoms. The molecule has 0 aliphatic heterocycles. The van der Waals surface area contributed by atoms with Crippen molar-refractivity contribution in [2.45, 2.75) is 20.8 Å². The fourth-order valence-electron chi connectivity index (χ4n) is 2.24. The van der Waals surface area contributed by atoms with Crippen LogP contribution in [0.1, 0.15) is 24.2 Å². The highest BCUT2D eigenvalue weighted by atomic mass is 16.5. The lowest BCUT2D eigenvalue weighted by atomic mass is 10.1. The maximum atomic E-state index is 12.4. The van der Waals surface area contributed by atoms with Crippen LogP contribution < -0.4 is 16.2 Å². The lowest BCUT2D eigenvalue weighted by Crippen LogP contribution is -2.20. The highest BCUT2D eigenvalue weighted by Gasteiger charge is 2.16. The molecule has 110 valence electrons. The molecule has 2 rings (SSSR count). The molecule has 7 heteroatoms. The molecule has 0 aliphatic rings. The molecule has 0 unspecified atom stereocenters. The summed E-state index contributed by atoms with van der Waals surface area (Å²) in [6.07, 6.45) is 1.23. The van der Waals surface area contributed by atoms with Crippen molar-refractivity contribution in [3.63, 3.8) is 0 Å². The number of carbonyl (C=O) groups is 2. The van der Waals surface area contributed by atoms with Crippen molar-refractivity contribution in [3.8, 4) is 0 Å². The molecule has 7 nitrogen and oxygen atoms in total. The third-order valence-corrected chi connectivity index (χ3v) is 3.12. The molecule has 1 aromatic carbocycles. The minimum absolute atomic E-state index is 0.144. The summed E-state index contributed by atoms with van der Waals surface area (Å²) in [4.78, 5) is 35.5. The lowest BCUT2D eigenvalue weighted by Gasteiger charge is -2.15. The number of nitrogens with one attached hydrogen (secondary N) is 2. The Hall–Kier alpha value is -2.67. The molecule has 2 aromatic rings. The number of aryl methyl sites for hydroxylation is 1. The molecule has 0 fully saturated rings. The number of hydrogen-bond acceptors (Lipinski definition) is 5. The fraction of sp³-hybridized carbons (Fsp3) is 0.214. The molecule has 3 N–H and O–H groups in total. The van der Waals surface area contributed by atoms with E-state index in [1.54, 1.807) is 24.5 Å². The fourth-order valence-corrected chi connectivity index (χ4v) is 2.24. The standard InChI is InChI=1S/C14H15N3O4/c1-7-4-5-10(15-8(2)18)12-13(7)17(9(3)19)6-11(16-21)14(12)20/h4-6,16,21H,1-3H3,(H,15,18). The largest absolute Gasteiger partial charge is 0.326 e. The van der Waals surface area contributed by atoms with E-state index in [4.69, 9.17) is 5.21 Å². The van der Waals surface area contributed by atoms with Gasteiger partial charge in [0.2, 0.25) is 17.2 Å². The first-order chi connectivity index (χ1) is 9.86. The Balaban J connectivity index is 3.01. The summed E-state index contributed by atoms with van der Waals surface area (Å²) in [5.41, 5.74) is 2.54. The first-order valence-corrected chi connectivity index (χ1v) is 6.24. The van der Waals surface area contributed by atoms with Crippen LogP contribution in [-0.2, 0) is 4.79 Å². The third kappa shape index (κ3) is 2.50. The van der Waals surface area contributed by atoms with Crippen LogP contribution in [0.5, 0.6) is 0 Å². The van der Waals surface area contributed by atoms with Crippen molar-refractivity contribution >= 4 is 34.1 Å². The first-order valence-electron chi connectivity index (χ1n) is 6.24. The quantitative estimate of drug-likeness (QED) is 0.731. The zero-order chi connectivity index (χ0) is 15.7. The van der Waals surface area contributed by atoms with E-state index in [9.17, 15) is 14.4 Å². The second-order valence-electron chi connectivity index (χ2n) is 4.71. The molecule has 0 aliphatic carbocycles. The molecule has 1 heterocycles. The van der Waals surface area contributed by atoms with E-state index in [0.29, 0.717) is 16.8 Å². The Kier molecular flexibility index (Phi) is 3.77. The van der Waals surface area contributed by atoms with Gasteiger partial charge in [-0.25, -0.2) is 0 Å². The number of hydrogen-bond donors (Lipinski definition) is 3. The van der Waals surface area contributed by atoms with Crippen LogP contribution in [0.25, 0.3) is 10.9 Å². The maximum absolute atomic E-state index is 12.4. The molecule has 1 aromatic heterocycles. The summed E-state index contributed by atoms with van der Waals surface area (Å²) >= 11 is 0. The molecule has 0 saturated heterocycles. The monoisotopic (exact) mass is 289 g/mol. The van der Waals surface area contributed by atoms with Crippen LogP contribution in [-0.4, -0.2) is 21.6 Å². The summed E-state index contributed by atoms with van der Waals surface area (Å²) < 4.78 is 1.26. The van der Waals surface area contributed by atoms with Crippen molar-refractivity contribution in [2.75, 3.05) is 10.8 Å². The smallest absolute Gasteiger partial charge is 0.228 e. The predicted octanol–water partition coefficient (Wildman–Crippen LogP) is 1.73. The molecule has 0 spiro atoms. The number of fused-ring (bicyclic) bond motifs is 1. The summed E-state index contributed by atoms with van der Waals surface area (Å²) in [7, 11) is 0. The predicted molar refractivity (Wildman–Crippen MR) is 79.0 cm³/mol. The van der Waals surface area contributed by atoms with E-state index in [-0.39, 0.29) is 22.9 Å². The molecule has 1 amide bonds. The molecule has 0 radical (unpaired) electrons. The SMILES string of the molecule is CC(=O)Nc1ccc(C)c2c1c(=O)c(NO)cn2C(C)=O. The highest BCUT2D eigenvalue weighted by molar-refractivity contribution is 6.04. The van der Waals surface area contributed by atoms with Crippen molar-refractivity contribution < 1.29 is 14.8 Å². The van der Waals surface area contributed by atoms with Gasteiger partial charge in [-0.3, -0.25) is 29.6 Å². The minimum Gasteiger partial charge on any atom is -0.326 e. The van der Waals surface area contributed by atoms with Crippen LogP contribution in [0, 0.1) is 6.92 Å². The third-order valence-electron chi connectivity index (χ3n) is 3.12. The summed E-state index contributed by atoms with van der Waals surface area (Å²) in [6, 6.07) is 3.30. The highest BCUT2D eigenvalue weighted by Crippen LogP contribution is 2.25. The number of amides is 1. The topological polar surface area (TPSA) is 100 Å².